The van der Waals surface area contributed by atoms with Gasteiger partial charge in [-0.25, -0.2) is 27.5 Å². The van der Waals surface area contributed by atoms with Crippen LogP contribution in [-0.4, -0.2) is 9.97 Å². The van der Waals surface area contributed by atoms with Crippen molar-refractivity contribution in [2.75, 3.05) is 9.80 Å². The Labute approximate surface area is 251 Å². The van der Waals surface area contributed by atoms with Gasteiger partial charge in [0.1, 0.15) is 35.4 Å². The van der Waals surface area contributed by atoms with Crippen LogP contribution in [0.25, 0.3) is 0 Å². The number of halogens is 4. The minimum absolute atomic E-state index is 0.0731. The fourth-order valence-corrected chi connectivity index (χ4v) is 4.75. The lowest BCUT2D eigenvalue weighted by Gasteiger charge is -2.28. The van der Waals surface area contributed by atoms with Gasteiger partial charge in [0.25, 0.3) is 0 Å². The maximum Gasteiger partial charge on any atom is 0.185 e. The first kappa shape index (κ1) is 29.7. The molecule has 0 aliphatic heterocycles. The lowest BCUT2D eigenvalue weighted by atomic mass is 10.1. The topological polar surface area (TPSA) is 79.8 Å². The van der Waals surface area contributed by atoms with E-state index in [1.54, 1.807) is 48.5 Å². The van der Waals surface area contributed by atoms with Crippen LogP contribution < -0.4 is 9.80 Å². The van der Waals surface area contributed by atoms with E-state index in [2.05, 4.69) is 9.97 Å². The van der Waals surface area contributed by atoms with E-state index in [-0.39, 0.29) is 71.5 Å². The number of rotatable bonds is 10. The van der Waals surface area contributed by atoms with Crippen molar-refractivity contribution in [1.29, 1.82) is 10.5 Å². The third-order valence-electron chi connectivity index (χ3n) is 6.95. The zero-order valence-electron chi connectivity index (χ0n) is 23.3. The van der Waals surface area contributed by atoms with Crippen LogP contribution in [0.1, 0.15) is 33.6 Å². The van der Waals surface area contributed by atoms with Crippen LogP contribution in [0.2, 0.25) is 0 Å². The minimum atomic E-state index is -0.518. The molecule has 0 saturated carbocycles. The molecule has 1 heterocycles. The molecular weight excluding hydrogens is 568 g/mol. The monoisotopic (exact) mass is 592 g/mol. The quantitative estimate of drug-likeness (QED) is 0.160. The summed E-state index contributed by atoms with van der Waals surface area (Å²) in [6.45, 7) is -0.489. The van der Waals surface area contributed by atoms with Crippen LogP contribution in [0.4, 0.5) is 29.2 Å². The first-order chi connectivity index (χ1) is 21.4. The van der Waals surface area contributed by atoms with Gasteiger partial charge in [0.2, 0.25) is 0 Å². The molecule has 1 aromatic heterocycles. The average Bonchev–Trinajstić information content (AvgIpc) is 3.03. The van der Waals surface area contributed by atoms with E-state index >= 15 is 0 Å². The van der Waals surface area contributed by atoms with Crippen LogP contribution in [0.15, 0.2) is 97.1 Å². The first-order valence-electron chi connectivity index (χ1n) is 13.5. The summed E-state index contributed by atoms with van der Waals surface area (Å²) in [7, 11) is 0. The van der Waals surface area contributed by atoms with E-state index in [9.17, 15) is 28.1 Å². The van der Waals surface area contributed by atoms with Crippen molar-refractivity contribution in [2.45, 2.75) is 26.2 Å². The minimum Gasteiger partial charge on any atom is -0.345 e. The molecule has 0 spiro atoms. The van der Waals surface area contributed by atoms with Gasteiger partial charge in [0.05, 0.1) is 0 Å². The zero-order chi connectivity index (χ0) is 31.1. The highest BCUT2D eigenvalue weighted by Gasteiger charge is 2.25. The molecule has 44 heavy (non-hydrogen) atoms. The average molecular weight is 593 g/mol. The Morgan fingerprint density at radius 3 is 0.932 bits per heavy atom. The summed E-state index contributed by atoms with van der Waals surface area (Å²) in [4.78, 5) is 11.9. The summed E-state index contributed by atoms with van der Waals surface area (Å²) in [6, 6.07) is 28.0. The van der Waals surface area contributed by atoms with Crippen molar-refractivity contribution in [2.24, 2.45) is 0 Å². The predicted octanol–water partition coefficient (Wildman–Crippen LogP) is 7.19. The van der Waals surface area contributed by atoms with Gasteiger partial charge in [-0.15, -0.1) is 0 Å². The standard InChI is InChI=1S/C34H24F4N6/c35-27-13-5-1-9-23(27)19-43(20-24-10-2-6-14-28(24)36)33-31(17-39)42-34(32(18-40)41-33)44(21-25-11-3-7-15-29(25)37)22-26-12-4-8-16-30(26)38/h1-16H,19-22H2. The SMILES string of the molecule is N#Cc1nc(N(Cc2ccccc2F)Cc2ccccc2F)c(C#N)nc1N(Cc1ccccc1F)Cc1ccccc1F. The van der Waals surface area contributed by atoms with Crippen molar-refractivity contribution < 1.29 is 17.6 Å². The van der Waals surface area contributed by atoms with Crippen LogP contribution in [0.5, 0.6) is 0 Å². The Hall–Kier alpha value is -5.74. The highest BCUT2D eigenvalue weighted by molar-refractivity contribution is 5.61. The second kappa shape index (κ2) is 13.5. The largest absolute Gasteiger partial charge is 0.345 e. The van der Waals surface area contributed by atoms with E-state index in [0.29, 0.717) is 0 Å². The molecule has 0 N–H and O–H groups in total. The summed E-state index contributed by atoms with van der Waals surface area (Å²) < 4.78 is 59.0. The second-order valence-corrected chi connectivity index (χ2v) is 9.87. The highest BCUT2D eigenvalue weighted by Crippen LogP contribution is 2.29. The zero-order valence-corrected chi connectivity index (χ0v) is 23.3. The molecular formula is C34H24F4N6. The van der Waals surface area contributed by atoms with Crippen molar-refractivity contribution in [3.8, 4) is 12.1 Å². The van der Waals surface area contributed by atoms with Crippen molar-refractivity contribution in [1.82, 2.24) is 9.97 Å². The Kier molecular flexibility index (Phi) is 9.12. The Morgan fingerprint density at radius 2 is 0.705 bits per heavy atom. The number of nitriles is 2. The molecule has 0 fully saturated rings. The van der Waals surface area contributed by atoms with Crippen LogP contribution >= 0.6 is 0 Å². The molecule has 5 aromatic rings. The van der Waals surface area contributed by atoms with Gasteiger partial charge in [0.15, 0.2) is 23.0 Å². The van der Waals surface area contributed by atoms with Crippen LogP contribution in [0, 0.1) is 45.9 Å². The van der Waals surface area contributed by atoms with Gasteiger partial charge in [-0.2, -0.15) is 10.5 Å². The molecule has 218 valence electrons. The third-order valence-corrected chi connectivity index (χ3v) is 6.95. The third kappa shape index (κ3) is 6.66. The van der Waals surface area contributed by atoms with E-state index in [1.807, 2.05) is 12.1 Å². The molecule has 4 aromatic carbocycles. The molecule has 5 rings (SSSR count). The molecule has 6 nitrogen and oxygen atoms in total. The van der Waals surface area contributed by atoms with Crippen molar-refractivity contribution in [3.63, 3.8) is 0 Å². The number of hydrogen-bond donors (Lipinski definition) is 0. The second-order valence-electron chi connectivity index (χ2n) is 9.87. The number of benzene rings is 4. The van der Waals surface area contributed by atoms with Crippen LogP contribution in [0.3, 0.4) is 0 Å². The Morgan fingerprint density at radius 1 is 0.455 bits per heavy atom. The number of aromatic nitrogens is 2. The molecule has 0 saturated heterocycles. The van der Waals surface area contributed by atoms with Gasteiger partial charge in [-0.1, -0.05) is 72.8 Å². The van der Waals surface area contributed by atoms with Crippen molar-refractivity contribution >= 4 is 11.6 Å². The number of hydrogen-bond acceptors (Lipinski definition) is 6. The summed E-state index contributed by atoms with van der Waals surface area (Å²) in [5.74, 6) is -2.22. The summed E-state index contributed by atoms with van der Waals surface area (Å²) in [6.07, 6.45) is 0. The first-order valence-corrected chi connectivity index (χ1v) is 13.5. The molecule has 0 aliphatic rings. The van der Waals surface area contributed by atoms with Gasteiger partial charge in [0, 0.05) is 48.4 Å². The molecule has 0 unspecified atom stereocenters. The summed E-state index contributed by atoms with van der Waals surface area (Å²) in [5.41, 5.74) is 0.517. The molecule has 0 amide bonds. The van der Waals surface area contributed by atoms with Crippen molar-refractivity contribution in [3.05, 3.63) is 154 Å². The van der Waals surface area contributed by atoms with E-state index in [1.165, 1.54) is 58.3 Å². The van der Waals surface area contributed by atoms with Gasteiger partial charge < -0.3 is 9.80 Å². The predicted molar refractivity (Wildman–Crippen MR) is 157 cm³/mol. The molecule has 0 aliphatic carbocycles. The lowest BCUT2D eigenvalue weighted by molar-refractivity contribution is 0.587. The van der Waals surface area contributed by atoms with Gasteiger partial charge in [-0.3, -0.25) is 0 Å². The van der Waals surface area contributed by atoms with E-state index in [4.69, 9.17) is 0 Å². The molecule has 0 atom stereocenters. The van der Waals surface area contributed by atoms with E-state index < -0.39 is 23.3 Å². The smallest absolute Gasteiger partial charge is 0.185 e. The lowest BCUT2D eigenvalue weighted by Crippen LogP contribution is -2.29. The number of nitrogens with zero attached hydrogens (tertiary/aromatic N) is 6. The Balaban J connectivity index is 1.63. The molecule has 0 bridgehead atoms. The normalized spacial score (nSPS) is 10.6. The maximum absolute atomic E-state index is 14.7. The summed E-state index contributed by atoms with van der Waals surface area (Å²) >= 11 is 0. The van der Waals surface area contributed by atoms with Gasteiger partial charge >= 0.3 is 0 Å². The highest BCUT2D eigenvalue weighted by atomic mass is 19.1. The molecule has 10 heteroatoms. The van der Waals surface area contributed by atoms with E-state index in [0.717, 1.165) is 0 Å². The maximum atomic E-state index is 14.7. The summed E-state index contributed by atoms with van der Waals surface area (Å²) in [5, 5.41) is 20.4. The Bertz CT molecular complexity index is 1650. The number of anilines is 2. The van der Waals surface area contributed by atoms with Crippen LogP contribution in [-0.2, 0) is 26.2 Å². The fourth-order valence-electron chi connectivity index (χ4n) is 4.75. The van der Waals surface area contributed by atoms with Gasteiger partial charge in [-0.05, 0) is 24.3 Å². The fraction of sp³-hybridized carbons (Fsp3) is 0.118. The molecule has 0 radical (unpaired) electrons.